The van der Waals surface area contributed by atoms with Crippen molar-refractivity contribution in [3.63, 3.8) is 0 Å². The van der Waals surface area contributed by atoms with E-state index in [1.165, 1.54) is 24.2 Å². The number of benzene rings is 2. The number of alkyl halides is 3. The van der Waals surface area contributed by atoms with Gasteiger partial charge in [-0.2, -0.15) is 13.2 Å². The minimum absolute atomic E-state index is 0.0677. The van der Waals surface area contributed by atoms with Crippen LogP contribution in [0.5, 0.6) is 0 Å². The molecule has 1 unspecified atom stereocenters. The highest BCUT2D eigenvalue weighted by Gasteiger charge is 2.42. The van der Waals surface area contributed by atoms with Crippen LogP contribution in [0.25, 0.3) is 11.1 Å². The molecule has 0 spiro atoms. The van der Waals surface area contributed by atoms with Crippen molar-refractivity contribution in [1.82, 2.24) is 9.80 Å². The van der Waals surface area contributed by atoms with Crippen molar-refractivity contribution < 1.29 is 22.8 Å². The Hall–Kier alpha value is -2.25. The zero-order valence-electron chi connectivity index (χ0n) is 21.8. The first-order chi connectivity index (χ1) is 18.6. The molecule has 39 heavy (non-hydrogen) atoms. The highest BCUT2D eigenvalue weighted by atomic mass is 35.5. The summed E-state index contributed by atoms with van der Waals surface area (Å²) in [6, 6.07) is 11.0. The summed E-state index contributed by atoms with van der Waals surface area (Å²) in [5, 5.41) is 1.02. The van der Waals surface area contributed by atoms with Crippen LogP contribution in [-0.4, -0.2) is 53.5 Å². The lowest BCUT2D eigenvalue weighted by Gasteiger charge is -2.33. The maximum Gasteiger partial charge on any atom is 0.391 e. The van der Waals surface area contributed by atoms with E-state index in [-0.39, 0.29) is 43.7 Å². The van der Waals surface area contributed by atoms with Gasteiger partial charge in [-0.3, -0.25) is 9.59 Å². The van der Waals surface area contributed by atoms with Gasteiger partial charge in [0.05, 0.1) is 5.92 Å². The van der Waals surface area contributed by atoms with Gasteiger partial charge in [-0.1, -0.05) is 54.6 Å². The van der Waals surface area contributed by atoms with Crippen LogP contribution in [0, 0.1) is 11.8 Å². The minimum atomic E-state index is -4.21. The highest BCUT2D eigenvalue weighted by molar-refractivity contribution is 6.36. The van der Waals surface area contributed by atoms with Gasteiger partial charge in [-0.05, 0) is 79.5 Å². The molecular formula is C30H33Cl2F3N2O2. The smallest absolute Gasteiger partial charge is 0.339 e. The summed E-state index contributed by atoms with van der Waals surface area (Å²) in [5.74, 6) is -1.51. The number of hydrogen-bond acceptors (Lipinski definition) is 2. The van der Waals surface area contributed by atoms with Crippen molar-refractivity contribution in [3.8, 4) is 11.1 Å². The molecule has 2 amide bonds. The number of rotatable bonds is 5. The normalized spacial score (nSPS) is 21.6. The second kappa shape index (κ2) is 11.7. The lowest BCUT2D eigenvalue weighted by molar-refractivity contribution is -0.183. The van der Waals surface area contributed by atoms with Crippen LogP contribution in [0.2, 0.25) is 10.0 Å². The van der Waals surface area contributed by atoms with E-state index in [1.807, 2.05) is 12.1 Å². The lowest BCUT2D eigenvalue weighted by Crippen LogP contribution is -2.42. The van der Waals surface area contributed by atoms with Gasteiger partial charge in [-0.25, -0.2) is 0 Å². The van der Waals surface area contributed by atoms with Crippen LogP contribution in [0.4, 0.5) is 13.2 Å². The number of halogens is 5. The zero-order chi connectivity index (χ0) is 27.7. The number of hydrogen-bond donors (Lipinski definition) is 0. The maximum absolute atomic E-state index is 13.1. The fourth-order valence-electron chi connectivity index (χ4n) is 6.32. The molecule has 2 saturated heterocycles. The fourth-order valence-corrected chi connectivity index (χ4v) is 6.96. The predicted octanol–water partition coefficient (Wildman–Crippen LogP) is 7.80. The standard InChI is InChI=1S/C30H33Cl2F3N2O2/c31-26-17-22(18-27(32)25(26)16-21-10-15-37(29(21)39)24-4-2-1-3-5-24)19-6-8-20(9-7-19)28(38)36-13-11-23(12-14-36)30(33,34)35/h6-9,17-18,21,23-24H,1-5,10-16H2. The van der Waals surface area contributed by atoms with Crippen molar-refractivity contribution in [2.45, 2.75) is 70.0 Å². The summed E-state index contributed by atoms with van der Waals surface area (Å²) in [7, 11) is 0. The van der Waals surface area contributed by atoms with Crippen LogP contribution in [0.15, 0.2) is 36.4 Å². The zero-order valence-corrected chi connectivity index (χ0v) is 23.3. The van der Waals surface area contributed by atoms with E-state index < -0.39 is 12.1 Å². The molecule has 2 aliphatic heterocycles. The maximum atomic E-state index is 13.1. The van der Waals surface area contributed by atoms with Crippen molar-refractivity contribution in [2.24, 2.45) is 11.8 Å². The van der Waals surface area contributed by atoms with Crippen LogP contribution in [0.3, 0.4) is 0 Å². The van der Waals surface area contributed by atoms with E-state index in [4.69, 9.17) is 23.2 Å². The lowest BCUT2D eigenvalue weighted by atomic mass is 9.93. The van der Waals surface area contributed by atoms with Crippen molar-refractivity contribution >= 4 is 35.0 Å². The van der Waals surface area contributed by atoms with Gasteiger partial charge in [0.25, 0.3) is 5.91 Å². The molecular weight excluding hydrogens is 548 g/mol. The monoisotopic (exact) mass is 580 g/mol. The summed E-state index contributed by atoms with van der Waals surface area (Å²) in [6.07, 6.45) is 2.79. The third-order valence-corrected chi connectivity index (χ3v) is 9.34. The molecule has 4 nitrogen and oxygen atoms in total. The van der Waals surface area contributed by atoms with E-state index in [0.717, 1.165) is 42.5 Å². The van der Waals surface area contributed by atoms with Crippen LogP contribution in [0.1, 0.15) is 67.3 Å². The number of carbonyl (C=O) groups excluding carboxylic acids is 2. The van der Waals surface area contributed by atoms with Crippen LogP contribution >= 0.6 is 23.2 Å². The molecule has 9 heteroatoms. The Bertz CT molecular complexity index is 1180. The fraction of sp³-hybridized carbons (Fsp3) is 0.533. The van der Waals surface area contributed by atoms with Gasteiger partial charge < -0.3 is 9.80 Å². The Morgan fingerprint density at radius 3 is 2.05 bits per heavy atom. The molecule has 0 N–H and O–H groups in total. The topological polar surface area (TPSA) is 40.6 Å². The van der Waals surface area contributed by atoms with Gasteiger partial charge in [0, 0.05) is 47.2 Å². The van der Waals surface area contributed by atoms with E-state index >= 15 is 0 Å². The molecule has 3 aliphatic rings. The first-order valence-electron chi connectivity index (χ1n) is 13.9. The van der Waals surface area contributed by atoms with E-state index in [0.29, 0.717) is 28.1 Å². The number of piperidine rings is 1. The first kappa shape index (κ1) is 28.3. The van der Waals surface area contributed by atoms with Crippen LogP contribution in [-0.2, 0) is 11.2 Å². The molecule has 0 radical (unpaired) electrons. The molecule has 210 valence electrons. The molecule has 2 aromatic rings. The summed E-state index contributed by atoms with van der Waals surface area (Å²) >= 11 is 13.3. The number of likely N-dealkylation sites (tertiary alicyclic amines) is 2. The molecule has 2 heterocycles. The molecule has 3 fully saturated rings. The number of nitrogens with zero attached hydrogens (tertiary/aromatic N) is 2. The van der Waals surface area contributed by atoms with Crippen LogP contribution < -0.4 is 0 Å². The molecule has 1 atom stereocenters. The Labute approximate surface area is 237 Å². The Balaban J connectivity index is 1.23. The summed E-state index contributed by atoms with van der Waals surface area (Å²) in [6.45, 7) is 0.992. The van der Waals surface area contributed by atoms with Gasteiger partial charge >= 0.3 is 6.18 Å². The SMILES string of the molecule is O=C(c1ccc(-c2cc(Cl)c(CC3CCN(C4CCCCC4)C3=O)c(Cl)c2)cc1)N1CCC(C(F)(F)F)CC1. The average Bonchev–Trinajstić information content (AvgIpc) is 3.30. The second-order valence-electron chi connectivity index (χ2n) is 11.1. The number of amides is 2. The van der Waals surface area contributed by atoms with E-state index in [2.05, 4.69) is 4.90 Å². The van der Waals surface area contributed by atoms with Gasteiger partial charge in [-0.15, -0.1) is 0 Å². The molecule has 0 bridgehead atoms. The van der Waals surface area contributed by atoms with Gasteiger partial charge in [0.1, 0.15) is 0 Å². The van der Waals surface area contributed by atoms with Gasteiger partial charge in [0.2, 0.25) is 5.91 Å². The van der Waals surface area contributed by atoms with Crippen molar-refractivity contribution in [2.75, 3.05) is 19.6 Å². The summed E-state index contributed by atoms with van der Waals surface area (Å²) < 4.78 is 38.8. The summed E-state index contributed by atoms with van der Waals surface area (Å²) in [5.41, 5.74) is 2.82. The second-order valence-corrected chi connectivity index (χ2v) is 11.9. The van der Waals surface area contributed by atoms with Crippen molar-refractivity contribution in [1.29, 1.82) is 0 Å². The summed E-state index contributed by atoms with van der Waals surface area (Å²) in [4.78, 5) is 29.5. The highest BCUT2D eigenvalue weighted by Crippen LogP contribution is 2.37. The Kier molecular flexibility index (Phi) is 8.48. The third-order valence-electron chi connectivity index (χ3n) is 8.67. The molecule has 5 rings (SSSR count). The Morgan fingerprint density at radius 2 is 1.46 bits per heavy atom. The quantitative estimate of drug-likeness (QED) is 0.362. The predicted molar refractivity (Wildman–Crippen MR) is 147 cm³/mol. The van der Waals surface area contributed by atoms with Crippen molar-refractivity contribution in [3.05, 3.63) is 57.6 Å². The first-order valence-corrected chi connectivity index (χ1v) is 14.6. The Morgan fingerprint density at radius 1 is 0.846 bits per heavy atom. The molecule has 2 aromatic carbocycles. The molecule has 1 saturated carbocycles. The van der Waals surface area contributed by atoms with Gasteiger partial charge in [0.15, 0.2) is 0 Å². The molecule has 0 aromatic heterocycles. The minimum Gasteiger partial charge on any atom is -0.339 e. The van der Waals surface area contributed by atoms with E-state index in [1.54, 1.807) is 24.3 Å². The number of carbonyl (C=O) groups is 2. The third kappa shape index (κ3) is 6.25. The molecule has 1 aliphatic carbocycles. The largest absolute Gasteiger partial charge is 0.391 e. The van der Waals surface area contributed by atoms with E-state index in [9.17, 15) is 22.8 Å². The average molecular weight is 582 g/mol.